The minimum absolute atomic E-state index is 0.114. The Balaban J connectivity index is 2.34. The van der Waals surface area contributed by atoms with E-state index in [0.717, 1.165) is 3.57 Å². The summed E-state index contributed by atoms with van der Waals surface area (Å²) in [4.78, 5) is 12.1. The molecule has 19 heavy (non-hydrogen) atoms. The molecule has 6 heteroatoms. The highest BCUT2D eigenvalue weighted by atomic mass is 127. The van der Waals surface area contributed by atoms with Crippen molar-refractivity contribution in [1.29, 1.82) is 0 Å². The third-order valence-electron chi connectivity index (χ3n) is 2.37. The van der Waals surface area contributed by atoms with Crippen LogP contribution in [0.3, 0.4) is 0 Å². The van der Waals surface area contributed by atoms with Gasteiger partial charge < -0.3 is 5.32 Å². The van der Waals surface area contributed by atoms with E-state index in [0.29, 0.717) is 15.1 Å². The van der Waals surface area contributed by atoms with Gasteiger partial charge in [0.15, 0.2) is 0 Å². The fourth-order valence-corrected chi connectivity index (χ4v) is 2.66. The zero-order valence-electron chi connectivity index (χ0n) is 9.38. The summed E-state index contributed by atoms with van der Waals surface area (Å²) < 4.78 is 14.9. The van der Waals surface area contributed by atoms with Crippen molar-refractivity contribution in [2.45, 2.75) is 0 Å². The Bertz CT molecular complexity index is 630. The molecule has 0 aliphatic heterocycles. The first-order valence-corrected chi connectivity index (χ1v) is 7.44. The van der Waals surface area contributed by atoms with Gasteiger partial charge in [-0.2, -0.15) is 0 Å². The molecule has 0 aliphatic rings. The maximum absolute atomic E-state index is 13.6. The SMILES string of the molecule is O=C(Nc1c(F)cccc1Br)c1cc(Cl)ccc1I. The third-order valence-corrected chi connectivity index (χ3v) is 4.21. The number of nitrogens with one attached hydrogen (secondary N) is 1. The number of hydrogen-bond acceptors (Lipinski definition) is 1. The monoisotopic (exact) mass is 453 g/mol. The van der Waals surface area contributed by atoms with Crippen LogP contribution in [0.4, 0.5) is 10.1 Å². The predicted octanol–water partition coefficient (Wildman–Crippen LogP) is 5.10. The predicted molar refractivity (Wildman–Crippen MR) is 86.2 cm³/mol. The number of rotatable bonds is 2. The second-order valence-corrected chi connectivity index (χ2v) is 6.13. The molecule has 0 saturated carbocycles. The maximum Gasteiger partial charge on any atom is 0.256 e. The number of benzene rings is 2. The van der Waals surface area contributed by atoms with E-state index in [1.54, 1.807) is 30.3 Å². The first kappa shape index (κ1) is 14.7. The van der Waals surface area contributed by atoms with Gasteiger partial charge in [0.05, 0.1) is 11.3 Å². The van der Waals surface area contributed by atoms with Crippen molar-refractivity contribution in [2.75, 3.05) is 5.32 Å². The van der Waals surface area contributed by atoms with Crippen LogP contribution in [0.15, 0.2) is 40.9 Å². The zero-order valence-corrected chi connectivity index (χ0v) is 13.9. The van der Waals surface area contributed by atoms with Gasteiger partial charge in [-0.05, 0) is 68.9 Å². The second-order valence-electron chi connectivity index (χ2n) is 3.67. The van der Waals surface area contributed by atoms with Gasteiger partial charge >= 0.3 is 0 Å². The first-order chi connectivity index (χ1) is 8.99. The molecule has 0 unspecified atom stereocenters. The molecule has 0 atom stereocenters. The van der Waals surface area contributed by atoms with Crippen LogP contribution in [0, 0.1) is 9.39 Å². The summed E-state index contributed by atoms with van der Waals surface area (Å²) in [5, 5.41) is 3.00. The summed E-state index contributed by atoms with van der Waals surface area (Å²) in [6.07, 6.45) is 0. The summed E-state index contributed by atoms with van der Waals surface area (Å²) in [7, 11) is 0. The van der Waals surface area contributed by atoms with Crippen molar-refractivity contribution >= 4 is 61.7 Å². The van der Waals surface area contributed by atoms with E-state index >= 15 is 0 Å². The van der Waals surface area contributed by atoms with Crippen LogP contribution in [0.25, 0.3) is 0 Å². The van der Waals surface area contributed by atoms with Gasteiger partial charge in [-0.1, -0.05) is 17.7 Å². The normalized spacial score (nSPS) is 10.3. The Hall–Kier alpha value is -0.660. The number of carbonyl (C=O) groups is 1. The van der Waals surface area contributed by atoms with Gasteiger partial charge in [-0.25, -0.2) is 4.39 Å². The van der Waals surface area contributed by atoms with E-state index in [2.05, 4.69) is 21.2 Å². The summed E-state index contributed by atoms with van der Waals surface area (Å²) in [6.45, 7) is 0. The van der Waals surface area contributed by atoms with Gasteiger partial charge in [0.1, 0.15) is 5.82 Å². The molecule has 0 aliphatic carbocycles. The smallest absolute Gasteiger partial charge is 0.256 e. The molecule has 2 rings (SSSR count). The number of hydrogen-bond donors (Lipinski definition) is 1. The van der Waals surface area contributed by atoms with Crippen LogP contribution in [0.5, 0.6) is 0 Å². The Morgan fingerprint density at radius 2 is 2.05 bits per heavy atom. The fourth-order valence-electron chi connectivity index (χ4n) is 1.47. The Morgan fingerprint density at radius 1 is 1.32 bits per heavy atom. The first-order valence-electron chi connectivity index (χ1n) is 5.19. The third kappa shape index (κ3) is 3.46. The largest absolute Gasteiger partial charge is 0.318 e. The topological polar surface area (TPSA) is 29.1 Å². The molecule has 2 aromatic carbocycles. The van der Waals surface area contributed by atoms with Crippen molar-refractivity contribution in [3.63, 3.8) is 0 Å². The molecular formula is C13H7BrClFINO. The highest BCUT2D eigenvalue weighted by Gasteiger charge is 2.14. The van der Waals surface area contributed by atoms with Crippen molar-refractivity contribution in [3.05, 3.63) is 60.8 Å². The summed E-state index contributed by atoms with van der Waals surface area (Å²) in [5.41, 5.74) is 0.520. The Labute approximate surface area is 136 Å². The van der Waals surface area contributed by atoms with Crippen LogP contribution in [-0.4, -0.2) is 5.91 Å². The van der Waals surface area contributed by atoms with Crippen molar-refractivity contribution < 1.29 is 9.18 Å². The standard InChI is InChI=1S/C13H7BrClFINO/c14-9-2-1-3-10(16)12(9)18-13(19)8-6-7(15)4-5-11(8)17/h1-6H,(H,18,19). The van der Waals surface area contributed by atoms with Gasteiger partial charge in [0.25, 0.3) is 5.91 Å². The minimum Gasteiger partial charge on any atom is -0.318 e. The van der Waals surface area contributed by atoms with E-state index < -0.39 is 11.7 Å². The Kier molecular flexibility index (Phi) is 4.81. The fraction of sp³-hybridized carbons (Fsp3) is 0. The lowest BCUT2D eigenvalue weighted by Gasteiger charge is -2.09. The highest BCUT2D eigenvalue weighted by molar-refractivity contribution is 14.1. The number of halogens is 4. The summed E-state index contributed by atoms with van der Waals surface area (Å²) >= 11 is 11.1. The van der Waals surface area contributed by atoms with Crippen LogP contribution in [0.2, 0.25) is 5.02 Å². The molecule has 0 aromatic heterocycles. The number of carbonyl (C=O) groups excluding carboxylic acids is 1. The quantitative estimate of drug-likeness (QED) is 0.629. The molecular weight excluding hydrogens is 447 g/mol. The van der Waals surface area contributed by atoms with Gasteiger partial charge in [0, 0.05) is 13.1 Å². The maximum atomic E-state index is 13.6. The lowest BCUT2D eigenvalue weighted by molar-refractivity contribution is 0.102. The molecule has 1 N–H and O–H groups in total. The lowest BCUT2D eigenvalue weighted by atomic mass is 10.2. The van der Waals surface area contributed by atoms with Crippen molar-refractivity contribution in [1.82, 2.24) is 0 Å². The minimum atomic E-state index is -0.500. The van der Waals surface area contributed by atoms with Crippen molar-refractivity contribution in [2.24, 2.45) is 0 Å². The molecule has 2 nitrogen and oxygen atoms in total. The lowest BCUT2D eigenvalue weighted by Crippen LogP contribution is -2.14. The van der Waals surface area contributed by atoms with Crippen LogP contribution in [0.1, 0.15) is 10.4 Å². The number of amides is 1. The molecule has 1 amide bonds. The molecule has 0 spiro atoms. The van der Waals surface area contributed by atoms with Crippen molar-refractivity contribution in [3.8, 4) is 0 Å². The van der Waals surface area contributed by atoms with Gasteiger partial charge in [-0.3, -0.25) is 4.79 Å². The molecule has 2 aromatic rings. The Morgan fingerprint density at radius 3 is 2.74 bits per heavy atom. The molecule has 0 saturated heterocycles. The van der Waals surface area contributed by atoms with E-state index in [-0.39, 0.29) is 5.69 Å². The average Bonchev–Trinajstić information content (AvgIpc) is 2.37. The highest BCUT2D eigenvalue weighted by Crippen LogP contribution is 2.26. The van der Waals surface area contributed by atoms with Gasteiger partial charge in [0.2, 0.25) is 0 Å². The van der Waals surface area contributed by atoms with Gasteiger partial charge in [-0.15, -0.1) is 0 Å². The summed E-state index contributed by atoms with van der Waals surface area (Å²) in [5.74, 6) is -0.905. The summed E-state index contributed by atoms with van der Waals surface area (Å²) in [6, 6.07) is 9.46. The van der Waals surface area contributed by atoms with E-state index in [9.17, 15) is 9.18 Å². The van der Waals surface area contributed by atoms with Crippen LogP contribution >= 0.6 is 50.1 Å². The number of para-hydroxylation sites is 1. The van der Waals surface area contributed by atoms with E-state index in [1.807, 2.05) is 22.6 Å². The molecule has 0 heterocycles. The zero-order chi connectivity index (χ0) is 14.0. The van der Waals surface area contributed by atoms with E-state index in [4.69, 9.17) is 11.6 Å². The second kappa shape index (κ2) is 6.19. The molecule has 0 bridgehead atoms. The average molecular weight is 454 g/mol. The molecule has 98 valence electrons. The molecule has 0 radical (unpaired) electrons. The van der Waals surface area contributed by atoms with Crippen LogP contribution in [-0.2, 0) is 0 Å². The van der Waals surface area contributed by atoms with Crippen LogP contribution < -0.4 is 5.32 Å². The van der Waals surface area contributed by atoms with E-state index in [1.165, 1.54) is 6.07 Å². The molecule has 0 fully saturated rings. The number of anilines is 1.